The SMILES string of the molecule is CC[C@H]1CC[C@H]2[C@@H]3CC[C@H]4[C@@](C)(C5=CC=CC=CN5)C(=O)C[C@H](OC(=O)C56CC7CC(CC(C7)C5)C6)[C@]4(C)[C@H]3CC[C@]12C. The third-order valence-corrected chi connectivity index (χ3v) is 15.9. The van der Waals surface area contributed by atoms with E-state index in [1.54, 1.807) is 0 Å². The van der Waals surface area contributed by atoms with Crippen LogP contribution in [0.15, 0.2) is 36.2 Å². The van der Waals surface area contributed by atoms with Gasteiger partial charge in [0.05, 0.1) is 10.8 Å². The number of ether oxygens (including phenoxy) is 1. The van der Waals surface area contributed by atoms with Crippen molar-refractivity contribution in [2.24, 2.45) is 69.0 Å². The molecule has 8 aliphatic carbocycles. The Labute approximate surface area is 259 Å². The highest BCUT2D eigenvalue weighted by molar-refractivity contribution is 5.90. The van der Waals surface area contributed by atoms with E-state index in [-0.39, 0.29) is 34.6 Å². The fraction of sp³-hybridized carbons (Fsp3) is 0.795. The molecule has 4 nitrogen and oxygen atoms in total. The van der Waals surface area contributed by atoms with E-state index in [0.29, 0.717) is 41.4 Å². The smallest absolute Gasteiger partial charge is 0.312 e. The number of fused-ring (bicyclic) bond motifs is 5. The van der Waals surface area contributed by atoms with Gasteiger partial charge in [0.2, 0.25) is 0 Å². The van der Waals surface area contributed by atoms with Crippen molar-refractivity contribution in [3.8, 4) is 0 Å². The van der Waals surface area contributed by atoms with Gasteiger partial charge in [-0.15, -0.1) is 0 Å². The number of hydrogen-bond acceptors (Lipinski definition) is 4. The van der Waals surface area contributed by atoms with Gasteiger partial charge in [-0.3, -0.25) is 9.59 Å². The van der Waals surface area contributed by atoms with Crippen LogP contribution in [-0.4, -0.2) is 17.9 Å². The van der Waals surface area contributed by atoms with Gasteiger partial charge in [0.1, 0.15) is 11.9 Å². The van der Waals surface area contributed by atoms with Crippen molar-refractivity contribution in [1.82, 2.24) is 5.32 Å². The maximum Gasteiger partial charge on any atom is 0.312 e. The first-order valence-electron chi connectivity index (χ1n) is 18.2. The van der Waals surface area contributed by atoms with Crippen LogP contribution in [0.5, 0.6) is 0 Å². The molecular weight excluding hydrogens is 530 g/mol. The van der Waals surface area contributed by atoms with Crippen LogP contribution in [0.4, 0.5) is 0 Å². The number of ketones is 1. The standard InChI is InChI=1S/C39H55NO3/c1-5-27-10-12-29-28-11-13-31-37(3,30(28)14-15-36(27,29)2)34(20-33(41)38(31,4)32-9-7-6-8-16-40-32)43-35(42)39-21-24-17-25(22-39)19-26(18-24)23-39/h6-9,16,24-31,34,40H,5,10-15,17-23H2,1-4H3/t24?,25?,26?,27-,28-,29-,30-,31+,34-,36+,37+,38-,39?/m0/s1. The second kappa shape index (κ2) is 9.83. The largest absolute Gasteiger partial charge is 0.461 e. The van der Waals surface area contributed by atoms with Gasteiger partial charge in [0.15, 0.2) is 0 Å². The number of hydrogen-bond donors (Lipinski definition) is 1. The molecule has 0 aromatic heterocycles. The molecule has 0 radical (unpaired) electrons. The highest BCUT2D eigenvalue weighted by Crippen LogP contribution is 2.71. The fourth-order valence-corrected chi connectivity index (χ4v) is 14.2. The molecular formula is C39H55NO3. The molecule has 4 bridgehead atoms. The van der Waals surface area contributed by atoms with E-state index < -0.39 is 5.41 Å². The van der Waals surface area contributed by atoms with Gasteiger partial charge >= 0.3 is 5.97 Å². The van der Waals surface area contributed by atoms with Crippen LogP contribution in [0.1, 0.15) is 118 Å². The summed E-state index contributed by atoms with van der Waals surface area (Å²) in [6.07, 6.45) is 26.1. The lowest BCUT2D eigenvalue weighted by Crippen LogP contribution is -2.66. The summed E-state index contributed by atoms with van der Waals surface area (Å²) < 4.78 is 6.92. The number of carbonyl (C=O) groups excluding carboxylic acids is 2. The highest BCUT2D eigenvalue weighted by atomic mass is 16.5. The predicted octanol–water partition coefficient (Wildman–Crippen LogP) is 8.54. The van der Waals surface area contributed by atoms with Crippen LogP contribution in [0.2, 0.25) is 0 Å². The third kappa shape index (κ3) is 3.92. The van der Waals surface area contributed by atoms with Crippen LogP contribution in [-0.2, 0) is 14.3 Å². The van der Waals surface area contributed by atoms with Gasteiger partial charge in [-0.2, -0.15) is 0 Å². The van der Waals surface area contributed by atoms with Gasteiger partial charge in [-0.1, -0.05) is 39.3 Å². The minimum atomic E-state index is -0.606. The van der Waals surface area contributed by atoms with E-state index in [2.05, 4.69) is 45.2 Å². The van der Waals surface area contributed by atoms with Crippen molar-refractivity contribution in [2.75, 3.05) is 0 Å². The summed E-state index contributed by atoms with van der Waals surface area (Å²) in [5.74, 6) is 5.37. The van der Waals surface area contributed by atoms with Gasteiger partial charge in [-0.05, 0) is 149 Å². The van der Waals surface area contributed by atoms with E-state index in [1.807, 2.05) is 18.4 Å². The van der Waals surface area contributed by atoms with Crippen molar-refractivity contribution >= 4 is 11.8 Å². The first-order valence-corrected chi connectivity index (χ1v) is 18.2. The second-order valence-electron chi connectivity index (χ2n) is 17.5. The van der Waals surface area contributed by atoms with Gasteiger partial charge in [0.25, 0.3) is 0 Å². The number of rotatable bonds is 4. The highest BCUT2D eigenvalue weighted by Gasteiger charge is 2.69. The maximum absolute atomic E-state index is 14.5. The van der Waals surface area contributed by atoms with Crippen molar-refractivity contribution in [3.63, 3.8) is 0 Å². The van der Waals surface area contributed by atoms with E-state index in [9.17, 15) is 9.59 Å². The molecule has 9 atom stereocenters. The van der Waals surface area contributed by atoms with Crippen LogP contribution >= 0.6 is 0 Å². The third-order valence-electron chi connectivity index (χ3n) is 15.9. The lowest BCUT2D eigenvalue weighted by Gasteiger charge is -2.65. The van der Waals surface area contributed by atoms with Gasteiger partial charge in [0, 0.05) is 23.7 Å². The summed E-state index contributed by atoms with van der Waals surface area (Å²) in [7, 11) is 0. The zero-order valence-corrected chi connectivity index (χ0v) is 27.2. The number of esters is 1. The Morgan fingerprint density at radius 1 is 0.907 bits per heavy atom. The minimum Gasteiger partial charge on any atom is -0.461 e. The topological polar surface area (TPSA) is 55.4 Å². The van der Waals surface area contributed by atoms with Crippen LogP contribution in [0.25, 0.3) is 0 Å². The molecule has 0 aromatic carbocycles. The average molecular weight is 586 g/mol. The molecule has 0 unspecified atom stereocenters. The first-order chi connectivity index (χ1) is 20.6. The molecule has 0 spiro atoms. The normalized spacial score (nSPS) is 52.9. The molecule has 0 amide bonds. The molecule has 9 rings (SSSR count). The number of allylic oxidation sites excluding steroid dienone is 5. The molecule has 4 heteroatoms. The first kappa shape index (κ1) is 28.6. The number of carbonyl (C=O) groups is 2. The Morgan fingerprint density at radius 2 is 1.63 bits per heavy atom. The van der Waals surface area contributed by atoms with E-state index >= 15 is 0 Å². The summed E-state index contributed by atoms with van der Waals surface area (Å²) in [6.45, 7) is 9.71. The molecule has 234 valence electrons. The lowest BCUT2D eigenvalue weighted by molar-refractivity contribution is -0.219. The molecule has 0 saturated heterocycles. The molecule has 8 fully saturated rings. The zero-order valence-electron chi connectivity index (χ0n) is 27.2. The molecule has 43 heavy (non-hydrogen) atoms. The van der Waals surface area contributed by atoms with Gasteiger partial charge in [-0.25, -0.2) is 0 Å². The summed E-state index contributed by atoms with van der Waals surface area (Å²) in [5, 5.41) is 3.54. The average Bonchev–Trinajstić information content (AvgIpc) is 3.11. The van der Waals surface area contributed by atoms with Crippen molar-refractivity contribution in [1.29, 1.82) is 0 Å². The van der Waals surface area contributed by atoms with Crippen LogP contribution in [0.3, 0.4) is 0 Å². The summed E-state index contributed by atoms with van der Waals surface area (Å²) in [4.78, 5) is 29.0. The molecule has 1 aliphatic heterocycles. The monoisotopic (exact) mass is 585 g/mol. The number of nitrogens with one attached hydrogen (secondary N) is 1. The quantitative estimate of drug-likeness (QED) is 0.336. The number of Topliss-reactive ketones (excluding diaryl/α,β-unsaturated/α-hetero) is 1. The Hall–Kier alpha value is -1.84. The van der Waals surface area contributed by atoms with Crippen molar-refractivity contribution in [2.45, 2.75) is 124 Å². The molecule has 1 N–H and O–H groups in total. The van der Waals surface area contributed by atoms with Crippen molar-refractivity contribution in [3.05, 3.63) is 36.2 Å². The Morgan fingerprint density at radius 3 is 2.33 bits per heavy atom. The zero-order chi connectivity index (χ0) is 29.8. The predicted molar refractivity (Wildman–Crippen MR) is 169 cm³/mol. The van der Waals surface area contributed by atoms with E-state index in [0.717, 1.165) is 43.2 Å². The molecule has 1 heterocycles. The Balaban J connectivity index is 1.17. The molecule has 0 aromatic rings. The molecule has 8 saturated carbocycles. The maximum atomic E-state index is 14.5. The summed E-state index contributed by atoms with van der Waals surface area (Å²) in [6, 6.07) is 0. The summed E-state index contributed by atoms with van der Waals surface area (Å²) in [5.41, 5.74) is 0.363. The van der Waals surface area contributed by atoms with Gasteiger partial charge < -0.3 is 10.1 Å². The van der Waals surface area contributed by atoms with Crippen LogP contribution < -0.4 is 5.32 Å². The van der Waals surface area contributed by atoms with Crippen LogP contribution in [0, 0.1) is 69.0 Å². The fourth-order valence-electron chi connectivity index (χ4n) is 14.2. The Kier molecular flexibility index (Phi) is 6.54. The Bertz CT molecular complexity index is 1240. The van der Waals surface area contributed by atoms with Crippen molar-refractivity contribution < 1.29 is 14.3 Å². The second-order valence-corrected chi connectivity index (χ2v) is 17.5. The lowest BCUT2D eigenvalue weighted by atomic mass is 9.40. The molecule has 9 aliphatic rings. The summed E-state index contributed by atoms with van der Waals surface area (Å²) >= 11 is 0. The minimum absolute atomic E-state index is 0.0698. The van der Waals surface area contributed by atoms with E-state index in [4.69, 9.17) is 4.74 Å². The van der Waals surface area contributed by atoms with E-state index in [1.165, 1.54) is 57.8 Å².